The van der Waals surface area contributed by atoms with Crippen molar-refractivity contribution in [2.24, 2.45) is 5.92 Å². The average molecular weight is 390 g/mol. The van der Waals surface area contributed by atoms with Crippen molar-refractivity contribution < 1.29 is 4.79 Å². The van der Waals surface area contributed by atoms with Gasteiger partial charge in [-0.05, 0) is 38.0 Å². The number of carbonyl (C=O) groups is 1. The Kier molecular flexibility index (Phi) is 4.87. The quantitative estimate of drug-likeness (QED) is 0.671. The maximum atomic E-state index is 13.3. The van der Waals surface area contributed by atoms with E-state index in [1.54, 1.807) is 6.20 Å². The number of rotatable bonds is 7. The van der Waals surface area contributed by atoms with Gasteiger partial charge < -0.3 is 9.47 Å². The van der Waals surface area contributed by atoms with Crippen LogP contribution in [0.25, 0.3) is 11.3 Å². The maximum Gasteiger partial charge on any atom is 0.257 e. The van der Waals surface area contributed by atoms with E-state index >= 15 is 0 Å². The molecule has 1 unspecified atom stereocenters. The lowest BCUT2D eigenvalue weighted by Gasteiger charge is -2.24. The number of aromatic nitrogens is 5. The summed E-state index contributed by atoms with van der Waals surface area (Å²) in [5, 5.41) is 15.6. The third-order valence-corrected chi connectivity index (χ3v) is 6.12. The van der Waals surface area contributed by atoms with Crippen LogP contribution in [0.4, 0.5) is 0 Å². The number of likely N-dealkylation sites (tertiary alicyclic amines) is 1. The number of aromatic amines is 1. The molecule has 3 aromatic rings. The van der Waals surface area contributed by atoms with Crippen LogP contribution in [0.1, 0.15) is 48.3 Å². The molecular weight excluding hydrogens is 364 g/mol. The van der Waals surface area contributed by atoms with Gasteiger partial charge in [-0.15, -0.1) is 10.2 Å². The molecule has 0 bridgehead atoms. The Bertz CT molecular complexity index is 974. The fourth-order valence-corrected chi connectivity index (χ4v) is 4.33. The van der Waals surface area contributed by atoms with Gasteiger partial charge in [-0.1, -0.05) is 30.3 Å². The van der Waals surface area contributed by atoms with Crippen LogP contribution in [0.2, 0.25) is 0 Å². The number of carbonyl (C=O) groups excluding carboxylic acids is 1. The number of nitrogens with one attached hydrogen (secondary N) is 1. The van der Waals surface area contributed by atoms with Crippen LogP contribution in [0.15, 0.2) is 42.9 Å². The second-order valence-corrected chi connectivity index (χ2v) is 8.20. The molecule has 1 saturated heterocycles. The summed E-state index contributed by atoms with van der Waals surface area (Å²) >= 11 is 0. The third kappa shape index (κ3) is 3.81. The Morgan fingerprint density at radius 3 is 2.86 bits per heavy atom. The number of hydrogen-bond donors (Lipinski definition) is 1. The van der Waals surface area contributed by atoms with Crippen LogP contribution in [0, 0.1) is 5.92 Å². The molecule has 1 atom stereocenters. The minimum Gasteiger partial charge on any atom is -0.336 e. The molecule has 1 aliphatic heterocycles. The molecule has 0 spiro atoms. The molecule has 150 valence electrons. The van der Waals surface area contributed by atoms with Gasteiger partial charge >= 0.3 is 0 Å². The zero-order chi connectivity index (χ0) is 19.6. The molecule has 2 fully saturated rings. The minimum atomic E-state index is 0.0690. The van der Waals surface area contributed by atoms with Gasteiger partial charge in [-0.2, -0.15) is 5.10 Å². The smallest absolute Gasteiger partial charge is 0.257 e. The second kappa shape index (κ2) is 7.81. The van der Waals surface area contributed by atoms with Crippen molar-refractivity contribution in [3.63, 3.8) is 0 Å². The fraction of sp³-hybridized carbons (Fsp3) is 0.455. The number of nitrogens with zero attached hydrogens (tertiary/aromatic N) is 5. The van der Waals surface area contributed by atoms with E-state index in [0.717, 1.165) is 61.8 Å². The highest BCUT2D eigenvalue weighted by molar-refractivity contribution is 6.00. The summed E-state index contributed by atoms with van der Waals surface area (Å²) < 4.78 is 2.20. The van der Waals surface area contributed by atoms with Gasteiger partial charge in [0.2, 0.25) is 0 Å². The van der Waals surface area contributed by atoms with Crippen LogP contribution in [-0.4, -0.2) is 48.4 Å². The predicted octanol–water partition coefficient (Wildman–Crippen LogP) is 3.32. The molecule has 2 aliphatic rings. The topological polar surface area (TPSA) is 79.7 Å². The highest BCUT2D eigenvalue weighted by atomic mass is 16.2. The number of hydrogen-bond acceptors (Lipinski definition) is 4. The van der Waals surface area contributed by atoms with E-state index in [1.807, 2.05) is 41.6 Å². The van der Waals surface area contributed by atoms with Crippen molar-refractivity contribution in [3.05, 3.63) is 54.2 Å². The predicted molar refractivity (Wildman–Crippen MR) is 109 cm³/mol. The van der Waals surface area contributed by atoms with Crippen molar-refractivity contribution in [3.8, 4) is 11.3 Å². The monoisotopic (exact) mass is 390 g/mol. The normalized spacial score (nSPS) is 19.0. The van der Waals surface area contributed by atoms with E-state index in [2.05, 4.69) is 25.0 Å². The molecule has 1 aromatic carbocycles. The van der Waals surface area contributed by atoms with Gasteiger partial charge in [-0.3, -0.25) is 9.89 Å². The first-order chi connectivity index (χ1) is 14.3. The third-order valence-electron chi connectivity index (χ3n) is 6.12. The van der Waals surface area contributed by atoms with Crippen molar-refractivity contribution in [1.82, 2.24) is 29.9 Å². The van der Waals surface area contributed by atoms with E-state index in [9.17, 15) is 4.79 Å². The second-order valence-electron chi connectivity index (χ2n) is 8.20. The van der Waals surface area contributed by atoms with E-state index in [-0.39, 0.29) is 11.9 Å². The molecule has 1 amide bonds. The van der Waals surface area contributed by atoms with Crippen LogP contribution in [0.5, 0.6) is 0 Å². The zero-order valence-electron chi connectivity index (χ0n) is 16.5. The van der Waals surface area contributed by atoms with Crippen LogP contribution < -0.4 is 0 Å². The Hall–Kier alpha value is -2.96. The maximum absolute atomic E-state index is 13.3. The number of benzene rings is 1. The Morgan fingerprint density at radius 1 is 1.17 bits per heavy atom. The summed E-state index contributed by atoms with van der Waals surface area (Å²) in [6, 6.07) is 10.2. The van der Waals surface area contributed by atoms with Gasteiger partial charge in [0.1, 0.15) is 12.2 Å². The summed E-state index contributed by atoms with van der Waals surface area (Å²) in [7, 11) is 0. The van der Waals surface area contributed by atoms with Gasteiger partial charge in [-0.25, -0.2) is 0 Å². The molecule has 7 heteroatoms. The molecule has 3 heterocycles. The lowest BCUT2D eigenvalue weighted by atomic mass is 10.1. The van der Waals surface area contributed by atoms with Crippen LogP contribution >= 0.6 is 0 Å². The molecule has 29 heavy (non-hydrogen) atoms. The highest BCUT2D eigenvalue weighted by Crippen LogP contribution is 2.31. The molecule has 7 nitrogen and oxygen atoms in total. The largest absolute Gasteiger partial charge is 0.336 e. The Labute approximate surface area is 170 Å². The highest BCUT2D eigenvalue weighted by Gasteiger charge is 2.31. The van der Waals surface area contributed by atoms with Crippen LogP contribution in [-0.2, 0) is 13.0 Å². The number of amides is 1. The molecule has 2 aromatic heterocycles. The fourth-order valence-electron chi connectivity index (χ4n) is 4.33. The molecule has 0 radical (unpaired) electrons. The van der Waals surface area contributed by atoms with E-state index in [4.69, 9.17) is 0 Å². The Morgan fingerprint density at radius 2 is 2.03 bits per heavy atom. The van der Waals surface area contributed by atoms with Gasteiger partial charge in [0.15, 0.2) is 0 Å². The summed E-state index contributed by atoms with van der Waals surface area (Å²) in [5.41, 5.74) is 2.43. The molecule has 1 aliphatic carbocycles. The zero-order valence-corrected chi connectivity index (χ0v) is 16.5. The van der Waals surface area contributed by atoms with E-state index in [0.29, 0.717) is 5.56 Å². The lowest BCUT2D eigenvalue weighted by Crippen LogP contribution is -2.36. The van der Waals surface area contributed by atoms with Gasteiger partial charge in [0.25, 0.3) is 5.91 Å². The summed E-state index contributed by atoms with van der Waals surface area (Å²) in [5.74, 6) is 1.91. The SMILES string of the molecule is O=C(c1cn[nH]c1-c1ccccc1)N1CCCC1CCc1nncn1CC1CC1. The van der Waals surface area contributed by atoms with Gasteiger partial charge in [0.05, 0.1) is 17.5 Å². The molecular formula is C22H26N6O. The number of H-pyrrole nitrogens is 1. The standard InChI is InChI=1S/C22H26N6O/c29-22(19-13-23-26-21(19)17-5-2-1-3-6-17)28-12-4-7-18(28)10-11-20-25-24-15-27(20)14-16-8-9-16/h1-3,5-6,13,15-16,18H,4,7-12,14H2,(H,23,26). The van der Waals surface area contributed by atoms with Crippen molar-refractivity contribution in [1.29, 1.82) is 0 Å². The lowest BCUT2D eigenvalue weighted by molar-refractivity contribution is 0.0731. The molecule has 1 N–H and O–H groups in total. The average Bonchev–Trinajstić information content (AvgIpc) is 3.16. The summed E-state index contributed by atoms with van der Waals surface area (Å²) in [6.45, 7) is 1.84. The first-order valence-electron chi connectivity index (χ1n) is 10.6. The first-order valence-corrected chi connectivity index (χ1v) is 10.6. The van der Waals surface area contributed by atoms with Crippen LogP contribution in [0.3, 0.4) is 0 Å². The van der Waals surface area contributed by atoms with E-state index < -0.39 is 0 Å². The summed E-state index contributed by atoms with van der Waals surface area (Å²) in [6.07, 6.45) is 10.0. The minimum absolute atomic E-state index is 0.0690. The molecule has 1 saturated carbocycles. The van der Waals surface area contributed by atoms with Gasteiger partial charge in [0, 0.05) is 31.1 Å². The van der Waals surface area contributed by atoms with E-state index in [1.165, 1.54) is 12.8 Å². The van der Waals surface area contributed by atoms with Crippen molar-refractivity contribution in [2.75, 3.05) is 6.54 Å². The molecule has 5 rings (SSSR count). The Balaban J connectivity index is 1.28. The first kappa shape index (κ1) is 18.1. The number of aryl methyl sites for hydroxylation is 1. The van der Waals surface area contributed by atoms with Crippen molar-refractivity contribution in [2.45, 2.75) is 51.1 Å². The summed E-state index contributed by atoms with van der Waals surface area (Å²) in [4.78, 5) is 15.4. The van der Waals surface area contributed by atoms with Crippen molar-refractivity contribution >= 4 is 5.91 Å².